The molecule has 0 spiro atoms. The zero-order valence-electron chi connectivity index (χ0n) is 17.1. The molecule has 3 aromatic rings. The number of carbonyl (C=O) groups excluding carboxylic acids is 1. The highest BCUT2D eigenvalue weighted by molar-refractivity contribution is 7.92. The summed E-state index contributed by atoms with van der Waals surface area (Å²) in [6.07, 6.45) is -4.80. The summed E-state index contributed by atoms with van der Waals surface area (Å²) in [7, 11) is -2.58. The lowest BCUT2D eigenvalue weighted by Crippen LogP contribution is -2.25. The van der Waals surface area contributed by atoms with Crippen LogP contribution < -0.4 is 14.8 Å². The number of benzene rings is 3. The van der Waals surface area contributed by atoms with Crippen molar-refractivity contribution in [2.45, 2.75) is 17.6 Å². The van der Waals surface area contributed by atoms with E-state index < -0.39 is 40.0 Å². The fourth-order valence-corrected chi connectivity index (χ4v) is 4.03. The number of anilines is 1. The lowest BCUT2D eigenvalue weighted by molar-refractivity contribution is -0.138. The molecule has 0 heterocycles. The van der Waals surface area contributed by atoms with Crippen molar-refractivity contribution in [3.05, 3.63) is 89.2 Å². The summed E-state index contributed by atoms with van der Waals surface area (Å²) in [5.41, 5.74) is -1.35. The van der Waals surface area contributed by atoms with Crippen molar-refractivity contribution < 1.29 is 35.5 Å². The molecule has 0 bridgehead atoms. The van der Waals surface area contributed by atoms with Gasteiger partial charge in [0.15, 0.2) is 0 Å². The van der Waals surface area contributed by atoms with Crippen LogP contribution >= 0.6 is 0 Å². The second kappa shape index (κ2) is 9.49. The molecule has 11 heteroatoms. The van der Waals surface area contributed by atoms with Crippen LogP contribution in [0.2, 0.25) is 0 Å². The molecule has 3 rings (SSSR count). The first-order valence-electron chi connectivity index (χ1n) is 9.40. The third-order valence-electron chi connectivity index (χ3n) is 4.57. The Morgan fingerprint density at radius 2 is 1.70 bits per heavy atom. The Morgan fingerprint density at radius 1 is 1.00 bits per heavy atom. The van der Waals surface area contributed by atoms with E-state index in [2.05, 4.69) is 10.0 Å². The van der Waals surface area contributed by atoms with Gasteiger partial charge < -0.3 is 10.1 Å². The van der Waals surface area contributed by atoms with Crippen LogP contribution in [0, 0.1) is 5.82 Å². The van der Waals surface area contributed by atoms with Crippen molar-refractivity contribution in [1.82, 2.24) is 5.32 Å². The van der Waals surface area contributed by atoms with Crippen LogP contribution in [0.15, 0.2) is 71.6 Å². The highest BCUT2D eigenvalue weighted by Gasteiger charge is 2.33. The van der Waals surface area contributed by atoms with Crippen LogP contribution in [0.3, 0.4) is 0 Å². The zero-order valence-corrected chi connectivity index (χ0v) is 17.9. The summed E-state index contributed by atoms with van der Waals surface area (Å²) in [5.74, 6) is -1.32. The number of carbonyl (C=O) groups is 1. The molecule has 174 valence electrons. The summed E-state index contributed by atoms with van der Waals surface area (Å²) in [6, 6.07) is 13.3. The Hall–Kier alpha value is -3.60. The molecule has 0 saturated heterocycles. The van der Waals surface area contributed by atoms with E-state index in [0.29, 0.717) is 11.8 Å². The smallest absolute Gasteiger partial charge is 0.416 e. The number of sulfonamides is 1. The molecule has 0 saturated carbocycles. The topological polar surface area (TPSA) is 84.5 Å². The number of rotatable bonds is 7. The van der Waals surface area contributed by atoms with Crippen molar-refractivity contribution in [1.29, 1.82) is 0 Å². The monoisotopic (exact) mass is 482 g/mol. The molecule has 0 unspecified atom stereocenters. The fourth-order valence-electron chi connectivity index (χ4n) is 2.92. The van der Waals surface area contributed by atoms with Gasteiger partial charge in [0.2, 0.25) is 0 Å². The van der Waals surface area contributed by atoms with Crippen LogP contribution in [0.25, 0.3) is 0 Å². The van der Waals surface area contributed by atoms with Crippen LogP contribution in [-0.2, 0) is 22.7 Å². The number of hydrogen-bond acceptors (Lipinski definition) is 4. The first-order valence-corrected chi connectivity index (χ1v) is 10.9. The third kappa shape index (κ3) is 6.01. The number of nitrogens with one attached hydrogen (secondary N) is 2. The van der Waals surface area contributed by atoms with E-state index in [1.165, 1.54) is 37.4 Å². The van der Waals surface area contributed by atoms with Crippen molar-refractivity contribution in [3.8, 4) is 5.75 Å². The molecular formula is C22H18F4N2O4S. The molecule has 0 radical (unpaired) electrons. The van der Waals surface area contributed by atoms with E-state index in [1.54, 1.807) is 12.1 Å². The maximum Gasteiger partial charge on any atom is 0.416 e. The summed E-state index contributed by atoms with van der Waals surface area (Å²) in [5, 5.41) is 2.30. The fraction of sp³-hybridized carbons (Fsp3) is 0.136. The standard InChI is InChI=1S/C22H18F4N2O4S/c1-32-18-9-7-17(8-10-18)28-33(30,31)19-4-2-3-14(11-19)21(29)27-13-15-5-6-16(23)12-20(15)22(24,25)26/h2-12,28H,13H2,1H3,(H,27,29). The van der Waals surface area contributed by atoms with Gasteiger partial charge in [-0.25, -0.2) is 12.8 Å². The SMILES string of the molecule is COc1ccc(NS(=O)(=O)c2cccc(C(=O)NCc3ccc(F)cc3C(F)(F)F)c2)cc1. The molecule has 6 nitrogen and oxygen atoms in total. The Labute approximate surface area is 187 Å². The highest BCUT2D eigenvalue weighted by Crippen LogP contribution is 2.32. The summed E-state index contributed by atoms with van der Waals surface area (Å²) in [4.78, 5) is 12.2. The predicted octanol–water partition coefficient (Wildman–Crippen LogP) is 4.58. The molecule has 0 aliphatic heterocycles. The van der Waals surface area contributed by atoms with E-state index in [4.69, 9.17) is 4.74 Å². The van der Waals surface area contributed by atoms with Crippen LogP contribution in [0.5, 0.6) is 5.75 Å². The van der Waals surface area contributed by atoms with Crippen LogP contribution in [0.4, 0.5) is 23.2 Å². The third-order valence-corrected chi connectivity index (χ3v) is 5.94. The molecule has 3 aromatic carbocycles. The van der Waals surface area contributed by atoms with Gasteiger partial charge in [-0.1, -0.05) is 12.1 Å². The Morgan fingerprint density at radius 3 is 2.33 bits per heavy atom. The van der Waals surface area contributed by atoms with Crippen molar-refractivity contribution in [3.63, 3.8) is 0 Å². The predicted molar refractivity (Wildman–Crippen MR) is 113 cm³/mol. The minimum atomic E-state index is -4.80. The van der Waals surface area contributed by atoms with Gasteiger partial charge in [0.25, 0.3) is 15.9 Å². The van der Waals surface area contributed by atoms with Gasteiger partial charge in [-0.05, 0) is 60.2 Å². The molecule has 0 aliphatic carbocycles. The van der Waals surface area contributed by atoms with Gasteiger partial charge in [-0.2, -0.15) is 13.2 Å². The largest absolute Gasteiger partial charge is 0.497 e. The maximum atomic E-state index is 13.2. The summed E-state index contributed by atoms with van der Waals surface area (Å²) >= 11 is 0. The number of alkyl halides is 3. The maximum absolute atomic E-state index is 13.2. The molecular weight excluding hydrogens is 464 g/mol. The summed E-state index contributed by atoms with van der Waals surface area (Å²) in [6.45, 7) is -0.533. The Balaban J connectivity index is 1.76. The van der Waals surface area contributed by atoms with E-state index in [1.807, 2.05) is 0 Å². The van der Waals surface area contributed by atoms with E-state index >= 15 is 0 Å². The Bertz CT molecular complexity index is 1260. The van der Waals surface area contributed by atoms with Gasteiger partial charge in [0, 0.05) is 17.8 Å². The number of hydrogen-bond donors (Lipinski definition) is 2. The minimum Gasteiger partial charge on any atom is -0.497 e. The van der Waals surface area contributed by atoms with Gasteiger partial charge in [-0.3, -0.25) is 9.52 Å². The van der Waals surface area contributed by atoms with Crippen molar-refractivity contribution in [2.24, 2.45) is 0 Å². The lowest BCUT2D eigenvalue weighted by Gasteiger charge is -2.14. The first-order chi connectivity index (χ1) is 15.5. The number of ether oxygens (including phenoxy) is 1. The van der Waals surface area contributed by atoms with Crippen molar-refractivity contribution in [2.75, 3.05) is 11.8 Å². The lowest BCUT2D eigenvalue weighted by atomic mass is 10.1. The minimum absolute atomic E-state index is 0.0803. The van der Waals surface area contributed by atoms with Crippen LogP contribution in [0.1, 0.15) is 21.5 Å². The van der Waals surface area contributed by atoms with Crippen molar-refractivity contribution >= 4 is 21.6 Å². The zero-order chi connectivity index (χ0) is 24.2. The molecule has 2 N–H and O–H groups in total. The molecule has 0 aliphatic rings. The summed E-state index contributed by atoms with van der Waals surface area (Å²) < 4.78 is 85.3. The first kappa shape index (κ1) is 24.1. The van der Waals surface area contributed by atoms with Gasteiger partial charge in [-0.15, -0.1) is 0 Å². The Kier molecular flexibility index (Phi) is 6.92. The second-order valence-electron chi connectivity index (χ2n) is 6.84. The highest BCUT2D eigenvalue weighted by atomic mass is 32.2. The molecule has 33 heavy (non-hydrogen) atoms. The average Bonchev–Trinajstić information content (AvgIpc) is 2.77. The van der Waals surface area contributed by atoms with Crippen LogP contribution in [-0.4, -0.2) is 21.4 Å². The van der Waals surface area contributed by atoms with E-state index in [0.717, 1.165) is 18.2 Å². The quantitative estimate of drug-likeness (QED) is 0.483. The molecule has 0 aromatic heterocycles. The number of methoxy groups -OCH3 is 1. The number of halogens is 4. The normalized spacial score (nSPS) is 11.7. The number of amides is 1. The average molecular weight is 482 g/mol. The molecule has 0 atom stereocenters. The van der Waals surface area contributed by atoms with E-state index in [-0.39, 0.29) is 21.7 Å². The molecule has 0 fully saturated rings. The van der Waals surface area contributed by atoms with Gasteiger partial charge in [0.1, 0.15) is 11.6 Å². The van der Waals surface area contributed by atoms with E-state index in [9.17, 15) is 30.8 Å². The van der Waals surface area contributed by atoms with Gasteiger partial charge in [0.05, 0.1) is 17.6 Å². The van der Waals surface area contributed by atoms with Gasteiger partial charge >= 0.3 is 6.18 Å². The second-order valence-corrected chi connectivity index (χ2v) is 8.53. The molecule has 1 amide bonds.